The first kappa shape index (κ1) is 20.4. The SMILES string of the molecule is Cn1cnnc1SCCNC(=O)C1CCCN(Cc2nc(-c3ncccn3)no2)C1. The number of carbonyl (C=O) groups excluding carboxylic acids is 1. The Labute approximate surface area is 177 Å². The summed E-state index contributed by atoms with van der Waals surface area (Å²) < 4.78 is 7.20. The van der Waals surface area contributed by atoms with Crippen molar-refractivity contribution in [3.63, 3.8) is 0 Å². The van der Waals surface area contributed by atoms with Crippen molar-refractivity contribution < 1.29 is 9.32 Å². The third-order valence-electron chi connectivity index (χ3n) is 4.77. The maximum atomic E-state index is 12.6. The number of amides is 1. The fraction of sp³-hybridized carbons (Fsp3) is 0.500. The van der Waals surface area contributed by atoms with E-state index < -0.39 is 0 Å². The van der Waals surface area contributed by atoms with Gasteiger partial charge in [0.25, 0.3) is 0 Å². The summed E-state index contributed by atoms with van der Waals surface area (Å²) in [5.74, 6) is 2.10. The van der Waals surface area contributed by atoms with Crippen LogP contribution in [0.5, 0.6) is 0 Å². The third-order valence-corrected chi connectivity index (χ3v) is 5.81. The van der Waals surface area contributed by atoms with E-state index in [0.717, 1.165) is 30.3 Å². The standard InChI is InChI=1S/C18H23N9O2S/c1-26-12-22-24-18(26)30-9-7-21-17(28)13-4-2-8-27(10-13)11-14-23-16(25-29-14)15-19-5-3-6-20-15/h3,5-6,12-13H,2,4,7-11H2,1H3,(H,21,28). The molecule has 1 aliphatic heterocycles. The molecular weight excluding hydrogens is 406 g/mol. The third kappa shape index (κ3) is 5.19. The molecule has 1 unspecified atom stereocenters. The van der Waals surface area contributed by atoms with Crippen LogP contribution in [0.25, 0.3) is 11.6 Å². The molecule has 0 aromatic carbocycles. The monoisotopic (exact) mass is 429 g/mol. The van der Waals surface area contributed by atoms with Gasteiger partial charge in [0.15, 0.2) is 5.16 Å². The van der Waals surface area contributed by atoms with Crippen molar-refractivity contribution in [1.29, 1.82) is 0 Å². The number of nitrogens with one attached hydrogen (secondary N) is 1. The Balaban J connectivity index is 1.23. The van der Waals surface area contributed by atoms with E-state index in [2.05, 4.69) is 40.5 Å². The van der Waals surface area contributed by atoms with Gasteiger partial charge in [-0.25, -0.2) is 9.97 Å². The van der Waals surface area contributed by atoms with Crippen LogP contribution in [0.15, 0.2) is 34.5 Å². The molecule has 3 aromatic heterocycles. The quantitative estimate of drug-likeness (QED) is 0.405. The van der Waals surface area contributed by atoms with Gasteiger partial charge in [-0.2, -0.15) is 4.98 Å². The number of hydrogen-bond acceptors (Lipinski definition) is 10. The first-order valence-electron chi connectivity index (χ1n) is 9.76. The van der Waals surface area contributed by atoms with Crippen LogP contribution >= 0.6 is 11.8 Å². The number of carbonyl (C=O) groups is 1. The van der Waals surface area contributed by atoms with Gasteiger partial charge in [0.05, 0.1) is 12.5 Å². The minimum atomic E-state index is -0.0431. The van der Waals surface area contributed by atoms with Gasteiger partial charge in [-0.1, -0.05) is 16.9 Å². The number of nitrogens with zero attached hydrogens (tertiary/aromatic N) is 8. The predicted molar refractivity (Wildman–Crippen MR) is 108 cm³/mol. The number of thioether (sulfide) groups is 1. The summed E-state index contributed by atoms with van der Waals surface area (Å²) in [6.45, 7) is 2.66. The van der Waals surface area contributed by atoms with Crippen molar-refractivity contribution >= 4 is 17.7 Å². The smallest absolute Gasteiger partial charge is 0.241 e. The fourth-order valence-electron chi connectivity index (χ4n) is 3.29. The van der Waals surface area contributed by atoms with Crippen molar-refractivity contribution in [2.24, 2.45) is 13.0 Å². The van der Waals surface area contributed by atoms with Crippen molar-refractivity contribution in [2.75, 3.05) is 25.4 Å². The van der Waals surface area contributed by atoms with Crippen LogP contribution in [0, 0.1) is 5.92 Å². The van der Waals surface area contributed by atoms with E-state index in [1.165, 1.54) is 0 Å². The van der Waals surface area contributed by atoms with Crippen molar-refractivity contribution in [3.8, 4) is 11.6 Å². The number of rotatable bonds is 8. The van der Waals surface area contributed by atoms with Gasteiger partial charge in [-0.15, -0.1) is 10.2 Å². The molecule has 1 atom stereocenters. The lowest BCUT2D eigenvalue weighted by Gasteiger charge is -2.30. The van der Waals surface area contributed by atoms with Crippen molar-refractivity contribution in [3.05, 3.63) is 30.7 Å². The highest BCUT2D eigenvalue weighted by Gasteiger charge is 2.27. The van der Waals surface area contributed by atoms with Crippen LogP contribution in [-0.4, -0.2) is 71.1 Å². The molecule has 0 radical (unpaired) electrons. The Morgan fingerprint density at radius 3 is 3.00 bits per heavy atom. The lowest BCUT2D eigenvalue weighted by atomic mass is 9.97. The minimum Gasteiger partial charge on any atom is -0.355 e. The molecule has 4 heterocycles. The maximum absolute atomic E-state index is 12.6. The summed E-state index contributed by atoms with van der Waals surface area (Å²) in [5, 5.41) is 15.7. The van der Waals surface area contributed by atoms with E-state index in [-0.39, 0.29) is 11.8 Å². The van der Waals surface area contributed by atoms with Crippen LogP contribution in [0.2, 0.25) is 0 Å². The molecule has 158 valence electrons. The highest BCUT2D eigenvalue weighted by molar-refractivity contribution is 7.99. The zero-order valence-electron chi connectivity index (χ0n) is 16.6. The predicted octanol–water partition coefficient (Wildman–Crippen LogP) is 0.776. The van der Waals surface area contributed by atoms with Crippen LogP contribution in [-0.2, 0) is 18.4 Å². The van der Waals surface area contributed by atoms with Gasteiger partial charge in [-0.3, -0.25) is 9.69 Å². The summed E-state index contributed by atoms with van der Waals surface area (Å²) in [6, 6.07) is 1.73. The fourth-order valence-corrected chi connectivity index (χ4v) is 4.04. The number of piperidine rings is 1. The van der Waals surface area contributed by atoms with Gasteiger partial charge in [0.2, 0.25) is 23.4 Å². The molecule has 0 bridgehead atoms. The first-order chi connectivity index (χ1) is 14.7. The average molecular weight is 430 g/mol. The summed E-state index contributed by atoms with van der Waals surface area (Å²) >= 11 is 1.57. The van der Waals surface area contributed by atoms with Crippen LogP contribution in [0.1, 0.15) is 18.7 Å². The molecular formula is C18H23N9O2S. The molecule has 0 aliphatic carbocycles. The van der Waals surface area contributed by atoms with E-state index >= 15 is 0 Å². The molecule has 11 nitrogen and oxygen atoms in total. The Morgan fingerprint density at radius 1 is 1.33 bits per heavy atom. The number of aryl methyl sites for hydroxylation is 1. The van der Waals surface area contributed by atoms with Crippen molar-refractivity contribution in [2.45, 2.75) is 24.5 Å². The molecule has 3 aromatic rings. The van der Waals surface area contributed by atoms with Gasteiger partial charge in [0, 0.05) is 38.3 Å². The topological polar surface area (TPSA) is 128 Å². The van der Waals surface area contributed by atoms with Crippen LogP contribution in [0.3, 0.4) is 0 Å². The van der Waals surface area contributed by atoms with Crippen molar-refractivity contribution in [1.82, 2.24) is 45.1 Å². The molecule has 4 rings (SSSR count). The van der Waals surface area contributed by atoms with E-state index in [1.807, 2.05) is 11.6 Å². The lowest BCUT2D eigenvalue weighted by molar-refractivity contribution is -0.126. The second kappa shape index (κ2) is 9.76. The minimum absolute atomic E-state index is 0.0431. The number of aromatic nitrogens is 7. The summed E-state index contributed by atoms with van der Waals surface area (Å²) in [6.07, 6.45) is 6.77. The van der Waals surface area contributed by atoms with E-state index in [4.69, 9.17) is 4.52 Å². The zero-order valence-corrected chi connectivity index (χ0v) is 17.5. The van der Waals surface area contributed by atoms with Crippen LogP contribution < -0.4 is 5.32 Å². The Kier molecular flexibility index (Phi) is 6.64. The second-order valence-corrected chi connectivity index (χ2v) is 8.08. The summed E-state index contributed by atoms with van der Waals surface area (Å²) in [5.41, 5.74) is 0. The molecule has 0 spiro atoms. The largest absolute Gasteiger partial charge is 0.355 e. The Hall–Kier alpha value is -2.86. The molecule has 1 N–H and O–H groups in total. The first-order valence-corrected chi connectivity index (χ1v) is 10.7. The maximum Gasteiger partial charge on any atom is 0.241 e. The second-order valence-electron chi connectivity index (χ2n) is 7.02. The van der Waals surface area contributed by atoms with E-state index in [9.17, 15) is 4.79 Å². The number of hydrogen-bond donors (Lipinski definition) is 1. The van der Waals surface area contributed by atoms with E-state index in [1.54, 1.807) is 36.5 Å². The van der Waals surface area contributed by atoms with Gasteiger partial charge in [0.1, 0.15) is 6.33 Å². The molecule has 0 saturated carbocycles. The Morgan fingerprint density at radius 2 is 2.20 bits per heavy atom. The molecule has 12 heteroatoms. The highest BCUT2D eigenvalue weighted by Crippen LogP contribution is 2.19. The Bertz CT molecular complexity index is 961. The van der Waals surface area contributed by atoms with Gasteiger partial charge in [-0.05, 0) is 25.5 Å². The molecule has 1 fully saturated rings. The molecule has 30 heavy (non-hydrogen) atoms. The molecule has 1 saturated heterocycles. The van der Waals surface area contributed by atoms with Gasteiger partial charge >= 0.3 is 0 Å². The normalized spacial score (nSPS) is 17.2. The molecule has 1 amide bonds. The van der Waals surface area contributed by atoms with Crippen LogP contribution in [0.4, 0.5) is 0 Å². The number of likely N-dealkylation sites (tertiary alicyclic amines) is 1. The summed E-state index contributed by atoms with van der Waals surface area (Å²) in [7, 11) is 1.90. The van der Waals surface area contributed by atoms with Gasteiger partial charge < -0.3 is 14.4 Å². The zero-order chi connectivity index (χ0) is 20.8. The lowest BCUT2D eigenvalue weighted by Crippen LogP contribution is -2.43. The average Bonchev–Trinajstić information content (AvgIpc) is 3.41. The van der Waals surface area contributed by atoms with E-state index in [0.29, 0.717) is 37.2 Å². The molecule has 1 aliphatic rings. The summed E-state index contributed by atoms with van der Waals surface area (Å²) in [4.78, 5) is 27.4. The highest BCUT2D eigenvalue weighted by atomic mass is 32.2.